The normalized spacial score (nSPS) is 12.1. The van der Waals surface area contributed by atoms with E-state index in [0.29, 0.717) is 23.4 Å². The molecule has 1 aromatic carbocycles. The van der Waals surface area contributed by atoms with Crippen molar-refractivity contribution in [3.05, 3.63) is 40.8 Å². The first-order chi connectivity index (χ1) is 9.96. The van der Waals surface area contributed by atoms with Crippen molar-refractivity contribution in [1.82, 2.24) is 4.72 Å². The minimum Gasteiger partial charge on any atom is -0.423 e. The van der Waals surface area contributed by atoms with Gasteiger partial charge in [-0.05, 0) is 30.2 Å². The van der Waals surface area contributed by atoms with Crippen molar-refractivity contribution in [2.24, 2.45) is 5.92 Å². The topological polar surface area (TPSA) is 76.4 Å². The molecule has 0 atom stereocenters. The summed E-state index contributed by atoms with van der Waals surface area (Å²) in [6.45, 7) is 4.51. The van der Waals surface area contributed by atoms with Crippen LogP contribution in [0.25, 0.3) is 11.0 Å². The Balaban J connectivity index is 2.27. The molecular formula is C15H19NO4S. The van der Waals surface area contributed by atoms with E-state index in [1.54, 1.807) is 6.07 Å². The summed E-state index contributed by atoms with van der Waals surface area (Å²) in [5, 5.41) is 0.583. The molecule has 0 aliphatic carbocycles. The average Bonchev–Trinajstić information content (AvgIpc) is 2.47. The van der Waals surface area contributed by atoms with Crippen molar-refractivity contribution in [2.75, 3.05) is 6.54 Å². The molecule has 0 unspecified atom stereocenters. The molecule has 1 N–H and O–H groups in total. The van der Waals surface area contributed by atoms with E-state index in [9.17, 15) is 13.2 Å². The van der Waals surface area contributed by atoms with Gasteiger partial charge in [0.25, 0.3) is 0 Å². The Morgan fingerprint density at radius 1 is 1.14 bits per heavy atom. The van der Waals surface area contributed by atoms with Crippen molar-refractivity contribution in [2.45, 2.75) is 31.6 Å². The first kappa shape index (κ1) is 15.7. The van der Waals surface area contributed by atoms with Crippen LogP contribution in [0.4, 0.5) is 0 Å². The molecule has 6 heteroatoms. The molecule has 0 aliphatic heterocycles. The summed E-state index contributed by atoms with van der Waals surface area (Å²) in [6, 6.07) is 7.29. The molecule has 5 nitrogen and oxygen atoms in total. The zero-order valence-electron chi connectivity index (χ0n) is 12.1. The predicted molar refractivity (Wildman–Crippen MR) is 81.7 cm³/mol. The molecule has 0 spiro atoms. The van der Waals surface area contributed by atoms with E-state index in [4.69, 9.17) is 4.42 Å². The van der Waals surface area contributed by atoms with Crippen molar-refractivity contribution in [3.63, 3.8) is 0 Å². The maximum absolute atomic E-state index is 12.3. The van der Waals surface area contributed by atoms with Gasteiger partial charge in [-0.25, -0.2) is 17.9 Å². The third kappa shape index (κ3) is 3.71. The van der Waals surface area contributed by atoms with E-state index in [1.165, 1.54) is 24.3 Å². The second-order valence-corrected chi connectivity index (χ2v) is 6.76. The number of rotatable bonds is 6. The Kier molecular flexibility index (Phi) is 4.80. The van der Waals surface area contributed by atoms with E-state index < -0.39 is 15.6 Å². The summed E-state index contributed by atoms with van der Waals surface area (Å²) in [5.41, 5.74) is -0.0774. The number of fused-ring (bicyclic) bond motifs is 1. The van der Waals surface area contributed by atoms with Gasteiger partial charge in [0.05, 0.1) is 4.90 Å². The highest BCUT2D eigenvalue weighted by Crippen LogP contribution is 2.18. The fourth-order valence-electron chi connectivity index (χ4n) is 2.11. The Hall–Kier alpha value is -1.66. The zero-order valence-corrected chi connectivity index (χ0v) is 12.9. The Bertz CT molecular complexity index is 776. The third-order valence-electron chi connectivity index (χ3n) is 3.62. The lowest BCUT2D eigenvalue weighted by molar-refractivity contribution is 0.479. The van der Waals surface area contributed by atoms with Gasteiger partial charge in [-0.2, -0.15) is 0 Å². The van der Waals surface area contributed by atoms with Crippen LogP contribution in [0, 0.1) is 5.92 Å². The van der Waals surface area contributed by atoms with Gasteiger partial charge in [-0.15, -0.1) is 0 Å². The molecule has 21 heavy (non-hydrogen) atoms. The smallest absolute Gasteiger partial charge is 0.336 e. The summed E-state index contributed by atoms with van der Waals surface area (Å²) in [6.07, 6.45) is 1.86. The van der Waals surface area contributed by atoms with Crippen LogP contribution in [0.5, 0.6) is 0 Å². The average molecular weight is 309 g/mol. The Morgan fingerprint density at radius 2 is 1.86 bits per heavy atom. The van der Waals surface area contributed by atoms with Crippen LogP contribution in [0.1, 0.15) is 26.7 Å². The fourth-order valence-corrected chi connectivity index (χ4v) is 3.26. The second kappa shape index (κ2) is 6.41. The summed E-state index contributed by atoms with van der Waals surface area (Å²) in [7, 11) is -3.55. The van der Waals surface area contributed by atoms with Crippen LogP contribution >= 0.6 is 0 Å². The van der Waals surface area contributed by atoms with Crippen molar-refractivity contribution < 1.29 is 12.8 Å². The maximum Gasteiger partial charge on any atom is 0.336 e. The van der Waals surface area contributed by atoms with E-state index in [2.05, 4.69) is 4.72 Å². The van der Waals surface area contributed by atoms with Crippen molar-refractivity contribution >= 4 is 21.0 Å². The van der Waals surface area contributed by atoms with E-state index in [1.807, 2.05) is 13.8 Å². The molecule has 0 amide bonds. The van der Waals surface area contributed by atoms with Gasteiger partial charge in [-0.1, -0.05) is 26.7 Å². The lowest BCUT2D eigenvalue weighted by Crippen LogP contribution is -2.29. The van der Waals surface area contributed by atoms with Gasteiger partial charge in [0, 0.05) is 18.0 Å². The Morgan fingerprint density at radius 3 is 2.52 bits per heavy atom. The van der Waals surface area contributed by atoms with Crippen molar-refractivity contribution in [1.29, 1.82) is 0 Å². The predicted octanol–water partition coefficient (Wildman–Crippen LogP) is 2.51. The van der Waals surface area contributed by atoms with Crippen LogP contribution in [-0.4, -0.2) is 15.0 Å². The molecule has 0 saturated carbocycles. The minimum absolute atomic E-state index is 0.176. The minimum atomic E-state index is -3.55. The quantitative estimate of drug-likeness (QED) is 0.832. The third-order valence-corrected chi connectivity index (χ3v) is 5.04. The maximum atomic E-state index is 12.3. The van der Waals surface area contributed by atoms with Gasteiger partial charge in [-0.3, -0.25) is 0 Å². The SMILES string of the molecule is CCC(CC)CNS(=O)(=O)c1ccc2oc(=O)ccc2c1. The first-order valence-corrected chi connectivity index (χ1v) is 8.48. The first-order valence-electron chi connectivity index (χ1n) is 7.00. The lowest BCUT2D eigenvalue weighted by Gasteiger charge is -2.13. The second-order valence-electron chi connectivity index (χ2n) is 4.99. The lowest BCUT2D eigenvalue weighted by atomic mass is 10.0. The van der Waals surface area contributed by atoms with Crippen LogP contribution < -0.4 is 10.3 Å². The van der Waals surface area contributed by atoms with Gasteiger partial charge in [0.2, 0.25) is 10.0 Å². The van der Waals surface area contributed by atoms with E-state index >= 15 is 0 Å². The van der Waals surface area contributed by atoms with E-state index in [-0.39, 0.29) is 4.90 Å². The van der Waals surface area contributed by atoms with Gasteiger partial charge < -0.3 is 4.42 Å². The van der Waals surface area contributed by atoms with Crippen LogP contribution in [0.2, 0.25) is 0 Å². The molecule has 1 heterocycles. The van der Waals surface area contributed by atoms with Crippen LogP contribution in [-0.2, 0) is 10.0 Å². The highest BCUT2D eigenvalue weighted by molar-refractivity contribution is 7.89. The molecule has 0 bridgehead atoms. The molecule has 114 valence electrons. The Labute approximate surface area is 124 Å². The van der Waals surface area contributed by atoms with Crippen LogP contribution in [0.3, 0.4) is 0 Å². The fraction of sp³-hybridized carbons (Fsp3) is 0.400. The van der Waals surface area contributed by atoms with Gasteiger partial charge in [0.15, 0.2) is 0 Å². The van der Waals surface area contributed by atoms with Crippen molar-refractivity contribution in [3.8, 4) is 0 Å². The molecule has 0 fully saturated rings. The van der Waals surface area contributed by atoms with E-state index in [0.717, 1.165) is 12.8 Å². The standard InChI is InChI=1S/C15H19NO4S/c1-3-11(4-2)10-16-21(18,19)13-6-7-14-12(9-13)5-8-15(17)20-14/h5-9,11,16H,3-4,10H2,1-2H3. The number of sulfonamides is 1. The molecule has 0 radical (unpaired) electrons. The largest absolute Gasteiger partial charge is 0.423 e. The molecular weight excluding hydrogens is 290 g/mol. The zero-order chi connectivity index (χ0) is 15.5. The van der Waals surface area contributed by atoms with Gasteiger partial charge >= 0.3 is 5.63 Å². The molecule has 0 saturated heterocycles. The monoisotopic (exact) mass is 309 g/mol. The molecule has 0 aliphatic rings. The number of nitrogens with one attached hydrogen (secondary N) is 1. The number of hydrogen-bond donors (Lipinski definition) is 1. The molecule has 1 aromatic heterocycles. The highest BCUT2D eigenvalue weighted by Gasteiger charge is 2.16. The number of benzene rings is 1. The van der Waals surface area contributed by atoms with Gasteiger partial charge in [0.1, 0.15) is 5.58 Å². The number of hydrogen-bond acceptors (Lipinski definition) is 4. The summed E-state index contributed by atoms with van der Waals surface area (Å²) in [5.74, 6) is 0.332. The summed E-state index contributed by atoms with van der Waals surface area (Å²) >= 11 is 0. The highest BCUT2D eigenvalue weighted by atomic mass is 32.2. The molecule has 2 aromatic rings. The molecule has 2 rings (SSSR count). The summed E-state index contributed by atoms with van der Waals surface area (Å²) < 4.78 is 32.2. The summed E-state index contributed by atoms with van der Waals surface area (Å²) in [4.78, 5) is 11.3. The van der Waals surface area contributed by atoms with Crippen LogP contribution in [0.15, 0.2) is 44.4 Å².